The minimum absolute atomic E-state index is 0. The monoisotopic (exact) mass is 189 g/mol. The fourth-order valence-corrected chi connectivity index (χ4v) is 1.12. The van der Waals surface area contributed by atoms with Gasteiger partial charge in [0.15, 0.2) is 0 Å². The summed E-state index contributed by atoms with van der Waals surface area (Å²) in [7, 11) is 0. The highest BCUT2D eigenvalue weighted by molar-refractivity contribution is 5.73. The molecule has 1 amide bonds. The predicted molar refractivity (Wildman–Crippen MR) is 60.9 cm³/mol. The molecule has 0 rings (SSSR count). The first-order valence-electron chi connectivity index (χ1n) is 5.47. The molecule has 0 fully saturated rings. The molecule has 1 atom stereocenters. The maximum Gasteiger partial charge on any atom is 0.217 e. The van der Waals surface area contributed by atoms with Gasteiger partial charge in [0.25, 0.3) is 0 Å². The lowest BCUT2D eigenvalue weighted by Gasteiger charge is -2.14. The fourth-order valence-electron chi connectivity index (χ4n) is 1.12. The van der Waals surface area contributed by atoms with Crippen molar-refractivity contribution >= 4 is 5.91 Å². The Morgan fingerprint density at radius 1 is 1.38 bits per heavy atom. The first-order chi connectivity index (χ1) is 6.20. The number of unbranched alkanes of at least 4 members (excludes halogenated alkanes) is 1. The lowest BCUT2D eigenvalue weighted by Crippen LogP contribution is -2.32. The number of rotatable bonds is 5. The molecule has 0 radical (unpaired) electrons. The Balaban J connectivity index is -0.000000376. The van der Waals surface area contributed by atoms with Gasteiger partial charge in [-0.3, -0.25) is 4.79 Å². The van der Waals surface area contributed by atoms with E-state index in [1.54, 1.807) is 6.92 Å². The van der Waals surface area contributed by atoms with Gasteiger partial charge >= 0.3 is 0 Å². The normalized spacial score (nSPS) is 11.2. The zero-order valence-corrected chi connectivity index (χ0v) is 9.81. The van der Waals surface area contributed by atoms with Gasteiger partial charge in [0.05, 0.1) is 0 Å². The predicted octanol–water partition coefficient (Wildman–Crippen LogP) is 3.36. The zero-order chi connectivity index (χ0) is 10.7. The smallest absolute Gasteiger partial charge is 0.217 e. The number of carbonyl (C=O) groups is 1. The molecule has 2 nitrogen and oxygen atoms in total. The van der Waals surface area contributed by atoms with Gasteiger partial charge in [-0.1, -0.05) is 40.5 Å². The summed E-state index contributed by atoms with van der Waals surface area (Å²) in [6.45, 7) is 9.85. The van der Waals surface area contributed by atoms with Gasteiger partial charge in [-0.2, -0.15) is 0 Å². The van der Waals surface area contributed by atoms with Crippen LogP contribution in [-0.2, 0) is 4.79 Å². The molecule has 0 aliphatic carbocycles. The van der Waals surface area contributed by atoms with Crippen LogP contribution in [0.15, 0.2) is 0 Å². The molecular formula is C11H27NO. The Morgan fingerprint density at radius 3 is 2.23 bits per heavy atom. The van der Waals surface area contributed by atoms with E-state index in [2.05, 4.69) is 19.2 Å². The van der Waals surface area contributed by atoms with E-state index in [1.807, 2.05) is 13.8 Å². The van der Waals surface area contributed by atoms with Crippen LogP contribution in [0.25, 0.3) is 0 Å². The average Bonchev–Trinajstić information content (AvgIpc) is 2.15. The number of carbonyl (C=O) groups excluding carboxylic acids is 1. The van der Waals surface area contributed by atoms with Crippen LogP contribution in [0.5, 0.6) is 0 Å². The van der Waals surface area contributed by atoms with E-state index in [0.717, 1.165) is 12.8 Å². The summed E-state index contributed by atoms with van der Waals surface area (Å²) in [6.07, 6.45) is 4.57. The van der Waals surface area contributed by atoms with Crippen molar-refractivity contribution in [1.29, 1.82) is 0 Å². The Morgan fingerprint density at radius 2 is 1.92 bits per heavy atom. The first-order valence-corrected chi connectivity index (χ1v) is 5.47. The molecule has 0 aromatic carbocycles. The Labute approximate surface area is 84.6 Å². The second-order valence-corrected chi connectivity index (χ2v) is 2.95. The van der Waals surface area contributed by atoms with Gasteiger partial charge in [-0.15, -0.1) is 0 Å². The molecule has 0 spiro atoms. The molecule has 2 heteroatoms. The van der Waals surface area contributed by atoms with Crippen molar-refractivity contribution in [3.63, 3.8) is 0 Å². The summed E-state index contributed by atoms with van der Waals surface area (Å²) < 4.78 is 0. The third-order valence-corrected chi connectivity index (χ3v) is 1.81. The molecular weight excluding hydrogens is 162 g/mol. The second kappa shape index (κ2) is 11.5. The molecule has 0 aliphatic heterocycles. The number of hydrogen-bond acceptors (Lipinski definition) is 1. The summed E-state index contributed by atoms with van der Waals surface area (Å²) in [6, 6.07) is 0.396. The topological polar surface area (TPSA) is 29.1 Å². The van der Waals surface area contributed by atoms with Crippen molar-refractivity contribution < 1.29 is 6.22 Å². The van der Waals surface area contributed by atoms with Crippen molar-refractivity contribution in [2.24, 2.45) is 0 Å². The van der Waals surface area contributed by atoms with Gasteiger partial charge in [0.2, 0.25) is 5.91 Å². The van der Waals surface area contributed by atoms with Crippen LogP contribution in [0.2, 0.25) is 0 Å². The standard InChI is InChI=1S/C9H19NO.C2H6.H2/c1-4-6-7-9(5-2)10-8(3)11;1-2;/h9H,4-7H2,1-3H3,(H,10,11);1-2H3;1H. The van der Waals surface area contributed by atoms with E-state index in [9.17, 15) is 4.79 Å². The van der Waals surface area contributed by atoms with Crippen LogP contribution in [0.1, 0.15) is 61.7 Å². The minimum Gasteiger partial charge on any atom is -0.354 e. The molecule has 0 saturated carbocycles. The highest BCUT2D eigenvalue weighted by atomic mass is 16.1. The Bertz CT molecular complexity index is 118. The second-order valence-electron chi connectivity index (χ2n) is 2.95. The molecule has 0 heterocycles. The van der Waals surface area contributed by atoms with Crippen LogP contribution >= 0.6 is 0 Å². The highest BCUT2D eigenvalue weighted by Crippen LogP contribution is 2.03. The van der Waals surface area contributed by atoms with E-state index >= 15 is 0 Å². The van der Waals surface area contributed by atoms with Crippen LogP contribution < -0.4 is 5.32 Å². The summed E-state index contributed by atoms with van der Waals surface area (Å²) in [4.78, 5) is 10.7. The molecule has 1 unspecified atom stereocenters. The van der Waals surface area contributed by atoms with Crippen molar-refractivity contribution in [3.05, 3.63) is 0 Å². The van der Waals surface area contributed by atoms with Crippen molar-refractivity contribution in [1.82, 2.24) is 5.32 Å². The van der Waals surface area contributed by atoms with Gasteiger partial charge < -0.3 is 5.32 Å². The molecule has 0 aromatic rings. The van der Waals surface area contributed by atoms with Crippen LogP contribution in [0.3, 0.4) is 0 Å². The molecule has 82 valence electrons. The van der Waals surface area contributed by atoms with Gasteiger partial charge in [-0.25, -0.2) is 0 Å². The zero-order valence-electron chi connectivity index (χ0n) is 9.81. The van der Waals surface area contributed by atoms with Gasteiger partial charge in [0, 0.05) is 14.4 Å². The lowest BCUT2D eigenvalue weighted by atomic mass is 10.1. The van der Waals surface area contributed by atoms with Crippen molar-refractivity contribution in [3.8, 4) is 0 Å². The first kappa shape index (κ1) is 15.0. The summed E-state index contributed by atoms with van der Waals surface area (Å²) >= 11 is 0. The Kier molecular flexibility index (Phi) is 13.2. The maximum absolute atomic E-state index is 10.7. The van der Waals surface area contributed by atoms with E-state index in [0.29, 0.717) is 6.04 Å². The summed E-state index contributed by atoms with van der Waals surface area (Å²) in [5.74, 6) is 0.0907. The van der Waals surface area contributed by atoms with E-state index in [4.69, 9.17) is 0 Å². The minimum atomic E-state index is 0. The van der Waals surface area contributed by atoms with Crippen LogP contribution in [0.4, 0.5) is 0 Å². The highest BCUT2D eigenvalue weighted by Gasteiger charge is 2.05. The third-order valence-electron chi connectivity index (χ3n) is 1.81. The fraction of sp³-hybridized carbons (Fsp3) is 0.909. The number of nitrogens with one attached hydrogen (secondary N) is 1. The van der Waals surface area contributed by atoms with E-state index < -0.39 is 0 Å². The molecule has 1 N–H and O–H groups in total. The molecule has 0 aliphatic rings. The van der Waals surface area contributed by atoms with Crippen molar-refractivity contribution in [2.45, 2.75) is 66.3 Å². The molecule has 13 heavy (non-hydrogen) atoms. The number of hydrogen-bond donors (Lipinski definition) is 1. The molecule has 0 saturated heterocycles. The van der Waals surface area contributed by atoms with Crippen LogP contribution in [-0.4, -0.2) is 11.9 Å². The Hall–Kier alpha value is -0.530. The van der Waals surface area contributed by atoms with Crippen molar-refractivity contribution in [2.75, 3.05) is 0 Å². The molecule has 0 aromatic heterocycles. The van der Waals surface area contributed by atoms with Crippen LogP contribution in [0, 0.1) is 0 Å². The van der Waals surface area contributed by atoms with E-state index in [1.165, 1.54) is 12.8 Å². The average molecular weight is 189 g/mol. The SMILES string of the molecule is CC.CCCCC(CC)NC(C)=O.[HH]. The summed E-state index contributed by atoms with van der Waals surface area (Å²) in [5.41, 5.74) is 0. The third kappa shape index (κ3) is 11.5. The van der Waals surface area contributed by atoms with Gasteiger partial charge in [-0.05, 0) is 12.8 Å². The largest absolute Gasteiger partial charge is 0.354 e. The van der Waals surface area contributed by atoms with E-state index in [-0.39, 0.29) is 7.33 Å². The van der Waals surface area contributed by atoms with Gasteiger partial charge in [0.1, 0.15) is 0 Å². The maximum atomic E-state index is 10.7. The summed E-state index contributed by atoms with van der Waals surface area (Å²) in [5, 5.41) is 2.93. The molecule has 0 bridgehead atoms. The lowest BCUT2D eigenvalue weighted by molar-refractivity contribution is -0.119. The quantitative estimate of drug-likeness (QED) is 0.706. The number of amides is 1.